The van der Waals surface area contributed by atoms with E-state index in [2.05, 4.69) is 46.5 Å². The van der Waals surface area contributed by atoms with Gasteiger partial charge in [0.05, 0.1) is 11.3 Å². The second-order valence-electron chi connectivity index (χ2n) is 6.95. The van der Waals surface area contributed by atoms with Gasteiger partial charge < -0.3 is 10.2 Å². The molecule has 1 aliphatic heterocycles. The smallest absolute Gasteiger partial charge is 0.257 e. The number of pyridine rings is 2. The molecule has 0 atom stereocenters. The molecule has 1 amide bonds. The van der Waals surface area contributed by atoms with Crippen LogP contribution in [-0.4, -0.2) is 45.4 Å². The van der Waals surface area contributed by atoms with Gasteiger partial charge in [0.2, 0.25) is 0 Å². The van der Waals surface area contributed by atoms with E-state index in [1.54, 1.807) is 6.20 Å². The van der Waals surface area contributed by atoms with Crippen LogP contribution in [-0.2, 0) is 6.42 Å². The summed E-state index contributed by atoms with van der Waals surface area (Å²) >= 11 is 1.89. The topological polar surface area (TPSA) is 58.1 Å². The molecule has 1 fully saturated rings. The number of hydrogen-bond acceptors (Lipinski definition) is 5. The van der Waals surface area contributed by atoms with Gasteiger partial charge in [-0.3, -0.25) is 4.79 Å². The first-order valence-electron chi connectivity index (χ1n) is 9.65. The number of aromatic nitrogens is 2. The highest BCUT2D eigenvalue weighted by atomic mass is 32.2. The Morgan fingerprint density at radius 1 is 1.14 bits per heavy atom. The highest BCUT2D eigenvalue weighted by Crippen LogP contribution is 2.30. The zero-order valence-corrected chi connectivity index (χ0v) is 17.1. The van der Waals surface area contributed by atoms with E-state index in [-0.39, 0.29) is 5.91 Å². The summed E-state index contributed by atoms with van der Waals surface area (Å²) in [6.45, 7) is 5.64. The molecular weight excluding hydrogens is 368 g/mol. The van der Waals surface area contributed by atoms with Crippen LogP contribution in [0.3, 0.4) is 0 Å². The third-order valence-electron chi connectivity index (χ3n) is 5.03. The van der Waals surface area contributed by atoms with Gasteiger partial charge >= 0.3 is 0 Å². The zero-order valence-electron chi connectivity index (χ0n) is 16.2. The molecule has 3 aromatic rings. The monoisotopic (exact) mass is 392 g/mol. The number of anilines is 2. The van der Waals surface area contributed by atoms with E-state index in [1.165, 1.54) is 5.56 Å². The van der Waals surface area contributed by atoms with E-state index in [1.807, 2.05) is 35.7 Å². The average Bonchev–Trinajstić information content (AvgIpc) is 2.74. The van der Waals surface area contributed by atoms with E-state index >= 15 is 0 Å². The van der Waals surface area contributed by atoms with Crippen molar-refractivity contribution in [2.45, 2.75) is 20.3 Å². The molecule has 0 saturated carbocycles. The van der Waals surface area contributed by atoms with Gasteiger partial charge in [0.25, 0.3) is 5.91 Å². The van der Waals surface area contributed by atoms with Crippen molar-refractivity contribution in [1.29, 1.82) is 0 Å². The summed E-state index contributed by atoms with van der Waals surface area (Å²) < 4.78 is 0. The molecule has 1 saturated heterocycles. The standard InChI is InChI=1S/C22H24N4OS/c1-3-16-5-7-17(8-6-16)25-20-18-9-4-15(2)24-21(18)23-14-19(20)22(27)26-10-12-28-13-11-26/h4-9,14H,3,10-13H2,1-2H3,(H,23,24,25). The fourth-order valence-electron chi connectivity index (χ4n) is 3.37. The molecule has 28 heavy (non-hydrogen) atoms. The Labute approximate surface area is 169 Å². The molecule has 1 N–H and O–H groups in total. The number of aryl methyl sites for hydroxylation is 2. The van der Waals surface area contributed by atoms with E-state index in [9.17, 15) is 4.79 Å². The van der Waals surface area contributed by atoms with Crippen molar-refractivity contribution < 1.29 is 4.79 Å². The second-order valence-corrected chi connectivity index (χ2v) is 8.18. The van der Waals surface area contributed by atoms with E-state index < -0.39 is 0 Å². The van der Waals surface area contributed by atoms with Gasteiger partial charge in [-0.2, -0.15) is 11.8 Å². The zero-order chi connectivity index (χ0) is 19.5. The van der Waals surface area contributed by atoms with Crippen LogP contribution in [0.2, 0.25) is 0 Å². The Balaban J connectivity index is 1.78. The number of hydrogen-bond donors (Lipinski definition) is 1. The van der Waals surface area contributed by atoms with E-state index in [4.69, 9.17) is 0 Å². The lowest BCUT2D eigenvalue weighted by Crippen LogP contribution is -2.38. The summed E-state index contributed by atoms with van der Waals surface area (Å²) in [5.74, 6) is 1.99. The molecule has 0 aliphatic carbocycles. The molecular formula is C22H24N4OS. The van der Waals surface area contributed by atoms with Gasteiger partial charge in [0.1, 0.15) is 0 Å². The van der Waals surface area contributed by atoms with E-state index in [0.29, 0.717) is 11.2 Å². The van der Waals surface area contributed by atoms with Gasteiger partial charge in [-0.15, -0.1) is 0 Å². The lowest BCUT2D eigenvalue weighted by Gasteiger charge is -2.27. The van der Waals surface area contributed by atoms with Gasteiger partial charge in [-0.25, -0.2) is 9.97 Å². The molecule has 2 aromatic heterocycles. The molecule has 4 rings (SSSR count). The normalized spacial score (nSPS) is 14.3. The van der Waals surface area contributed by atoms with Crippen molar-refractivity contribution in [3.05, 3.63) is 59.4 Å². The predicted octanol–water partition coefficient (Wildman–Crippen LogP) is 4.43. The Kier molecular flexibility index (Phi) is 5.48. The first kappa shape index (κ1) is 18.7. The maximum atomic E-state index is 13.2. The summed E-state index contributed by atoms with van der Waals surface area (Å²) in [7, 11) is 0. The molecule has 144 valence electrons. The van der Waals surface area contributed by atoms with E-state index in [0.717, 1.165) is 53.5 Å². The molecule has 0 radical (unpaired) electrons. The summed E-state index contributed by atoms with van der Waals surface area (Å²) in [6.07, 6.45) is 2.67. The Bertz CT molecular complexity index is 997. The number of fused-ring (bicyclic) bond motifs is 1. The van der Waals surface area contributed by atoms with Gasteiger partial charge in [0, 0.05) is 47.6 Å². The maximum Gasteiger partial charge on any atom is 0.257 e. The van der Waals surface area contributed by atoms with Gasteiger partial charge in [-0.1, -0.05) is 19.1 Å². The third kappa shape index (κ3) is 3.83. The lowest BCUT2D eigenvalue weighted by atomic mass is 10.1. The number of nitrogens with zero attached hydrogens (tertiary/aromatic N) is 3. The number of thioether (sulfide) groups is 1. The minimum absolute atomic E-state index is 0.0305. The lowest BCUT2D eigenvalue weighted by molar-refractivity contribution is 0.0773. The average molecular weight is 393 g/mol. The van der Waals surface area contributed by atoms with Crippen LogP contribution in [0.1, 0.15) is 28.5 Å². The summed E-state index contributed by atoms with van der Waals surface area (Å²) in [4.78, 5) is 24.2. The van der Waals surface area contributed by atoms with Crippen LogP contribution in [0.25, 0.3) is 11.0 Å². The number of carbonyl (C=O) groups excluding carboxylic acids is 1. The van der Waals surface area contributed by atoms with Crippen LogP contribution < -0.4 is 5.32 Å². The first-order chi connectivity index (χ1) is 13.7. The van der Waals surface area contributed by atoms with Crippen molar-refractivity contribution in [2.24, 2.45) is 0 Å². The fraction of sp³-hybridized carbons (Fsp3) is 0.318. The third-order valence-corrected chi connectivity index (χ3v) is 5.97. The number of carbonyl (C=O) groups is 1. The molecule has 5 nitrogen and oxygen atoms in total. The summed E-state index contributed by atoms with van der Waals surface area (Å²) in [5, 5.41) is 4.34. The molecule has 1 aliphatic rings. The Hall–Kier alpha value is -2.60. The molecule has 6 heteroatoms. The first-order valence-corrected chi connectivity index (χ1v) is 10.8. The number of amides is 1. The van der Waals surface area contributed by atoms with Crippen LogP contribution >= 0.6 is 11.8 Å². The Morgan fingerprint density at radius 3 is 2.61 bits per heavy atom. The predicted molar refractivity (Wildman–Crippen MR) is 117 cm³/mol. The molecule has 1 aromatic carbocycles. The number of nitrogens with one attached hydrogen (secondary N) is 1. The van der Waals surface area contributed by atoms with Crippen molar-refractivity contribution in [3.63, 3.8) is 0 Å². The van der Waals surface area contributed by atoms with Crippen molar-refractivity contribution in [3.8, 4) is 0 Å². The van der Waals surface area contributed by atoms with Gasteiger partial charge in [0.15, 0.2) is 5.65 Å². The Morgan fingerprint density at radius 2 is 1.89 bits per heavy atom. The number of benzene rings is 1. The van der Waals surface area contributed by atoms with Crippen LogP contribution in [0.4, 0.5) is 11.4 Å². The van der Waals surface area contributed by atoms with Crippen molar-refractivity contribution >= 4 is 40.1 Å². The van der Waals surface area contributed by atoms with Crippen molar-refractivity contribution in [1.82, 2.24) is 14.9 Å². The molecule has 0 bridgehead atoms. The SMILES string of the molecule is CCc1ccc(Nc2c(C(=O)N3CCSCC3)cnc3nc(C)ccc23)cc1. The summed E-state index contributed by atoms with van der Waals surface area (Å²) in [5.41, 5.74) is 5.18. The van der Waals surface area contributed by atoms with Crippen LogP contribution in [0.5, 0.6) is 0 Å². The molecule has 0 unspecified atom stereocenters. The minimum Gasteiger partial charge on any atom is -0.354 e. The minimum atomic E-state index is 0.0305. The highest BCUT2D eigenvalue weighted by molar-refractivity contribution is 7.99. The van der Waals surface area contributed by atoms with Crippen molar-refractivity contribution in [2.75, 3.05) is 29.9 Å². The maximum absolute atomic E-state index is 13.2. The largest absolute Gasteiger partial charge is 0.354 e. The quantitative estimate of drug-likeness (QED) is 0.712. The highest BCUT2D eigenvalue weighted by Gasteiger charge is 2.23. The molecule has 0 spiro atoms. The number of rotatable bonds is 4. The van der Waals surface area contributed by atoms with Gasteiger partial charge in [-0.05, 0) is 43.2 Å². The fourth-order valence-corrected chi connectivity index (χ4v) is 4.28. The summed E-state index contributed by atoms with van der Waals surface area (Å²) in [6, 6.07) is 12.3. The van der Waals surface area contributed by atoms with Crippen LogP contribution in [0.15, 0.2) is 42.6 Å². The van der Waals surface area contributed by atoms with Crippen LogP contribution in [0, 0.1) is 6.92 Å². The second kappa shape index (κ2) is 8.19. The molecule has 3 heterocycles.